The van der Waals surface area contributed by atoms with E-state index in [0.29, 0.717) is 23.9 Å². The van der Waals surface area contributed by atoms with Gasteiger partial charge < -0.3 is 4.90 Å². The average molecular weight is 358 g/mol. The molecule has 4 rings (SSSR count). The van der Waals surface area contributed by atoms with Crippen molar-refractivity contribution in [2.45, 2.75) is 64.2 Å². The molecule has 26 heavy (non-hydrogen) atoms. The minimum atomic E-state index is 0.276. The Morgan fingerprint density at radius 1 is 1.19 bits per heavy atom. The summed E-state index contributed by atoms with van der Waals surface area (Å²) in [6.45, 7) is 8.23. The van der Waals surface area contributed by atoms with Gasteiger partial charge in [0.05, 0.1) is 0 Å². The van der Waals surface area contributed by atoms with Gasteiger partial charge in [-0.15, -0.1) is 0 Å². The highest BCUT2D eigenvalue weighted by Crippen LogP contribution is 2.34. The van der Waals surface area contributed by atoms with Gasteiger partial charge in [-0.3, -0.25) is 14.6 Å². The van der Waals surface area contributed by atoms with Crippen molar-refractivity contribution in [3.63, 3.8) is 0 Å². The minimum Gasteiger partial charge on any atom is -0.332 e. The molecule has 6 nitrogen and oxygen atoms in total. The standard InChI is InChI=1S/C20H31N5O/c1-4-24-12-17-5-6-18(13-24)25(17)20-21-9-15(10-22-20)11-23(3)19-7-16(8-19)14(2)26/h9-10,16-19H,4-8,11-13H2,1-3H3. The van der Waals surface area contributed by atoms with Gasteiger partial charge >= 0.3 is 0 Å². The molecular formula is C20H31N5O. The highest BCUT2D eigenvalue weighted by atomic mass is 16.1. The fourth-order valence-electron chi connectivity index (χ4n) is 4.83. The Balaban J connectivity index is 1.35. The Morgan fingerprint density at radius 2 is 1.81 bits per heavy atom. The second kappa shape index (κ2) is 7.24. The first-order valence-electron chi connectivity index (χ1n) is 10.1. The summed E-state index contributed by atoms with van der Waals surface area (Å²) in [5.74, 6) is 1.51. The zero-order valence-corrected chi connectivity index (χ0v) is 16.3. The first kappa shape index (κ1) is 17.9. The van der Waals surface area contributed by atoms with Crippen LogP contribution < -0.4 is 4.90 Å². The first-order valence-corrected chi connectivity index (χ1v) is 10.1. The highest BCUT2D eigenvalue weighted by Gasteiger charge is 2.40. The Labute approximate surface area is 156 Å². The summed E-state index contributed by atoms with van der Waals surface area (Å²) >= 11 is 0. The van der Waals surface area contributed by atoms with E-state index in [2.05, 4.69) is 28.7 Å². The normalized spacial score (nSPS) is 31.3. The van der Waals surface area contributed by atoms with Crippen LogP contribution in [0.4, 0.5) is 5.95 Å². The quantitative estimate of drug-likeness (QED) is 0.776. The van der Waals surface area contributed by atoms with Gasteiger partial charge in [0.1, 0.15) is 5.78 Å². The van der Waals surface area contributed by atoms with Gasteiger partial charge in [-0.05, 0) is 46.2 Å². The number of Topliss-reactive ketones (excluding diaryl/α,β-unsaturated/α-hetero) is 1. The summed E-state index contributed by atoms with van der Waals surface area (Å²) in [6, 6.07) is 1.66. The molecule has 3 aliphatic rings. The van der Waals surface area contributed by atoms with Gasteiger partial charge in [0.2, 0.25) is 5.95 Å². The molecule has 2 unspecified atom stereocenters. The number of likely N-dealkylation sites (tertiary alicyclic amines) is 1. The summed E-state index contributed by atoms with van der Waals surface area (Å²) in [5.41, 5.74) is 1.15. The maximum Gasteiger partial charge on any atom is 0.225 e. The molecule has 2 saturated heterocycles. The van der Waals surface area contributed by atoms with Crippen LogP contribution in [0.15, 0.2) is 12.4 Å². The van der Waals surface area contributed by atoms with Crippen LogP contribution in [0.1, 0.15) is 45.1 Å². The molecule has 2 aliphatic heterocycles. The van der Waals surface area contributed by atoms with Gasteiger partial charge in [-0.1, -0.05) is 6.92 Å². The number of hydrogen-bond acceptors (Lipinski definition) is 6. The number of anilines is 1. The molecule has 1 saturated carbocycles. The van der Waals surface area contributed by atoms with E-state index in [1.807, 2.05) is 12.4 Å². The maximum atomic E-state index is 11.4. The van der Waals surface area contributed by atoms with E-state index in [-0.39, 0.29) is 5.92 Å². The molecule has 0 radical (unpaired) electrons. The van der Waals surface area contributed by atoms with Gasteiger partial charge in [0.25, 0.3) is 0 Å². The molecule has 2 atom stereocenters. The number of aromatic nitrogens is 2. The molecule has 0 aromatic carbocycles. The SMILES string of the molecule is CCN1CC2CCC(C1)N2c1ncc(CN(C)C2CC(C(C)=O)C2)cn1. The maximum absolute atomic E-state index is 11.4. The molecule has 3 heterocycles. The summed E-state index contributed by atoms with van der Waals surface area (Å²) in [4.78, 5) is 28.2. The lowest BCUT2D eigenvalue weighted by molar-refractivity contribution is -0.125. The summed E-state index contributed by atoms with van der Waals surface area (Å²) in [7, 11) is 2.14. The molecule has 1 aromatic heterocycles. The third-order valence-corrected chi connectivity index (χ3v) is 6.67. The number of carbonyl (C=O) groups is 1. The van der Waals surface area contributed by atoms with Crippen molar-refractivity contribution in [3.8, 4) is 0 Å². The smallest absolute Gasteiger partial charge is 0.225 e. The lowest BCUT2D eigenvalue weighted by atomic mass is 9.77. The Morgan fingerprint density at radius 3 is 2.35 bits per heavy atom. The molecule has 2 bridgehead atoms. The van der Waals surface area contributed by atoms with Crippen LogP contribution in [0.3, 0.4) is 0 Å². The number of hydrogen-bond donors (Lipinski definition) is 0. The Kier molecular flexibility index (Phi) is 4.97. The van der Waals surface area contributed by atoms with Crippen molar-refractivity contribution in [1.82, 2.24) is 19.8 Å². The van der Waals surface area contributed by atoms with E-state index < -0.39 is 0 Å². The molecule has 0 amide bonds. The molecule has 1 aliphatic carbocycles. The van der Waals surface area contributed by atoms with E-state index in [0.717, 1.165) is 50.5 Å². The molecule has 6 heteroatoms. The Bertz CT molecular complexity index is 628. The van der Waals surface area contributed by atoms with Gasteiger partial charge in [-0.2, -0.15) is 0 Å². The van der Waals surface area contributed by atoms with Crippen LogP contribution in [0.2, 0.25) is 0 Å². The third kappa shape index (κ3) is 3.37. The summed E-state index contributed by atoms with van der Waals surface area (Å²) in [6.07, 6.45) is 8.49. The van der Waals surface area contributed by atoms with Crippen molar-refractivity contribution in [1.29, 1.82) is 0 Å². The van der Waals surface area contributed by atoms with Crippen LogP contribution >= 0.6 is 0 Å². The van der Waals surface area contributed by atoms with Crippen molar-refractivity contribution in [3.05, 3.63) is 18.0 Å². The number of rotatable bonds is 6. The van der Waals surface area contributed by atoms with Crippen molar-refractivity contribution >= 4 is 11.7 Å². The first-order chi connectivity index (χ1) is 12.5. The second-order valence-electron chi connectivity index (χ2n) is 8.38. The number of carbonyl (C=O) groups excluding carboxylic acids is 1. The van der Waals surface area contributed by atoms with Crippen molar-refractivity contribution < 1.29 is 4.79 Å². The molecule has 3 fully saturated rings. The van der Waals surface area contributed by atoms with Crippen LogP contribution in [-0.4, -0.2) is 70.4 Å². The molecule has 0 spiro atoms. The predicted molar refractivity (Wildman–Crippen MR) is 102 cm³/mol. The van der Waals surface area contributed by atoms with E-state index >= 15 is 0 Å². The highest BCUT2D eigenvalue weighted by molar-refractivity contribution is 5.79. The third-order valence-electron chi connectivity index (χ3n) is 6.67. The average Bonchev–Trinajstić information content (AvgIpc) is 2.83. The zero-order valence-electron chi connectivity index (χ0n) is 16.3. The number of likely N-dealkylation sites (N-methyl/N-ethyl adjacent to an activating group) is 1. The fourth-order valence-corrected chi connectivity index (χ4v) is 4.83. The van der Waals surface area contributed by atoms with Gasteiger partial charge in [0.15, 0.2) is 0 Å². The van der Waals surface area contributed by atoms with Crippen LogP contribution in [-0.2, 0) is 11.3 Å². The van der Waals surface area contributed by atoms with Crippen LogP contribution in [0, 0.1) is 5.92 Å². The molecule has 0 N–H and O–H groups in total. The largest absolute Gasteiger partial charge is 0.332 e. The molecular weight excluding hydrogens is 326 g/mol. The van der Waals surface area contributed by atoms with E-state index in [1.54, 1.807) is 6.92 Å². The van der Waals surface area contributed by atoms with E-state index in [4.69, 9.17) is 9.97 Å². The van der Waals surface area contributed by atoms with Gasteiger partial charge in [-0.25, -0.2) is 9.97 Å². The zero-order chi connectivity index (χ0) is 18.3. The fraction of sp³-hybridized carbons (Fsp3) is 0.750. The second-order valence-corrected chi connectivity index (χ2v) is 8.38. The summed E-state index contributed by atoms with van der Waals surface area (Å²) in [5, 5.41) is 0. The van der Waals surface area contributed by atoms with Crippen LogP contribution in [0.5, 0.6) is 0 Å². The molecule has 1 aromatic rings. The van der Waals surface area contributed by atoms with Crippen LogP contribution in [0.25, 0.3) is 0 Å². The predicted octanol–water partition coefficient (Wildman–Crippen LogP) is 1.95. The minimum absolute atomic E-state index is 0.276. The monoisotopic (exact) mass is 357 g/mol. The van der Waals surface area contributed by atoms with E-state index in [1.165, 1.54) is 12.8 Å². The van der Waals surface area contributed by atoms with Gasteiger partial charge in [0, 0.05) is 61.6 Å². The summed E-state index contributed by atoms with van der Waals surface area (Å²) < 4.78 is 0. The molecule has 142 valence electrons. The van der Waals surface area contributed by atoms with Crippen molar-refractivity contribution in [2.75, 3.05) is 31.6 Å². The number of ketones is 1. The topological polar surface area (TPSA) is 52.6 Å². The lowest BCUT2D eigenvalue weighted by Crippen LogP contribution is -2.54. The number of fused-ring (bicyclic) bond motifs is 2. The van der Waals surface area contributed by atoms with E-state index in [9.17, 15) is 4.79 Å². The number of nitrogens with zero attached hydrogens (tertiary/aromatic N) is 5. The van der Waals surface area contributed by atoms with Crippen molar-refractivity contribution in [2.24, 2.45) is 5.92 Å². The lowest BCUT2D eigenvalue weighted by Gasteiger charge is -2.41. The Hall–Kier alpha value is -1.53. The number of piperazine rings is 1.